The van der Waals surface area contributed by atoms with Crippen LogP contribution >= 0.6 is 24.0 Å². The Morgan fingerprint density at radius 3 is 2.42 bits per heavy atom. The van der Waals surface area contributed by atoms with Crippen LogP contribution in [-0.4, -0.2) is 30.5 Å². The van der Waals surface area contributed by atoms with Gasteiger partial charge in [0.15, 0.2) is 5.96 Å². The number of benzene rings is 1. The van der Waals surface area contributed by atoms with Gasteiger partial charge in [-0.15, -0.1) is 24.0 Å². The average Bonchev–Trinajstić information content (AvgIpc) is 2.42. The molecule has 1 aliphatic heterocycles. The van der Waals surface area contributed by atoms with E-state index >= 15 is 0 Å². The van der Waals surface area contributed by atoms with Crippen molar-refractivity contribution in [2.75, 3.05) is 19.6 Å². The molecule has 0 spiro atoms. The number of halogens is 1. The zero-order valence-electron chi connectivity index (χ0n) is 11.6. The zero-order valence-corrected chi connectivity index (χ0v) is 14.0. The highest BCUT2D eigenvalue weighted by atomic mass is 127. The van der Waals surface area contributed by atoms with Gasteiger partial charge in [0.2, 0.25) is 0 Å². The Morgan fingerprint density at radius 2 is 1.79 bits per heavy atom. The molecule has 0 amide bonds. The number of aryl methyl sites for hydroxylation is 1. The first-order valence-corrected chi connectivity index (χ1v) is 6.86. The lowest BCUT2D eigenvalue weighted by molar-refractivity contribution is 0.338. The fourth-order valence-corrected chi connectivity index (χ4v) is 2.28. The fraction of sp³-hybridized carbons (Fsp3) is 0.533. The van der Waals surface area contributed by atoms with Gasteiger partial charge in [-0.25, -0.2) is 0 Å². The van der Waals surface area contributed by atoms with Crippen LogP contribution in [0.2, 0.25) is 0 Å². The van der Waals surface area contributed by atoms with E-state index in [0.29, 0.717) is 0 Å². The summed E-state index contributed by atoms with van der Waals surface area (Å²) in [5.74, 6) is 0.724. The van der Waals surface area contributed by atoms with Gasteiger partial charge in [0, 0.05) is 19.6 Å². The highest BCUT2D eigenvalue weighted by molar-refractivity contribution is 14.0. The van der Waals surface area contributed by atoms with Crippen molar-refractivity contribution in [1.82, 2.24) is 4.90 Å². The van der Waals surface area contributed by atoms with Crippen molar-refractivity contribution in [2.24, 2.45) is 10.7 Å². The van der Waals surface area contributed by atoms with Gasteiger partial charge >= 0.3 is 0 Å². The van der Waals surface area contributed by atoms with Gasteiger partial charge in [0.05, 0.1) is 0 Å². The predicted molar refractivity (Wildman–Crippen MR) is 92.2 cm³/mol. The topological polar surface area (TPSA) is 41.6 Å². The second-order valence-corrected chi connectivity index (χ2v) is 5.02. The van der Waals surface area contributed by atoms with Crippen LogP contribution in [0.4, 0.5) is 0 Å². The summed E-state index contributed by atoms with van der Waals surface area (Å²) >= 11 is 0. The molecule has 1 saturated heterocycles. The molecule has 0 aliphatic carbocycles. The first-order valence-electron chi connectivity index (χ1n) is 6.86. The summed E-state index contributed by atoms with van der Waals surface area (Å²) in [6.07, 6.45) is 4.78. The average molecular weight is 373 g/mol. The molecule has 0 radical (unpaired) electrons. The molecule has 2 N–H and O–H groups in total. The second-order valence-electron chi connectivity index (χ2n) is 5.02. The van der Waals surface area contributed by atoms with Crippen molar-refractivity contribution in [3.63, 3.8) is 0 Å². The molecule has 1 aromatic carbocycles. The lowest BCUT2D eigenvalue weighted by Gasteiger charge is -2.27. The summed E-state index contributed by atoms with van der Waals surface area (Å²) < 4.78 is 0. The number of likely N-dealkylation sites (tertiary alicyclic amines) is 1. The molecule has 2 rings (SSSR count). The molecule has 0 bridgehead atoms. The van der Waals surface area contributed by atoms with E-state index in [9.17, 15) is 0 Å². The molecule has 106 valence electrons. The maximum Gasteiger partial charge on any atom is 0.191 e. The normalized spacial score (nSPS) is 16.1. The largest absolute Gasteiger partial charge is 0.370 e. The number of hydrogen-bond donors (Lipinski definition) is 1. The van der Waals surface area contributed by atoms with Crippen molar-refractivity contribution in [3.8, 4) is 0 Å². The monoisotopic (exact) mass is 373 g/mol. The van der Waals surface area contributed by atoms with Crippen LogP contribution in [0, 0.1) is 6.92 Å². The third-order valence-electron chi connectivity index (χ3n) is 3.47. The van der Waals surface area contributed by atoms with Crippen LogP contribution in [0.3, 0.4) is 0 Å². The number of nitrogens with two attached hydrogens (primary N) is 1. The minimum atomic E-state index is 0. The summed E-state index contributed by atoms with van der Waals surface area (Å²) in [6.45, 7) is 5.03. The standard InChI is InChI=1S/C15H23N3.HI/c1-13-5-7-14(8-6-13)9-10-17-15(16)18-11-3-2-4-12-18;/h5-8H,2-4,9-12H2,1H3,(H2,16,17);1H. The second kappa shape index (κ2) is 8.40. The van der Waals surface area contributed by atoms with Gasteiger partial charge in [0.1, 0.15) is 0 Å². The Morgan fingerprint density at radius 1 is 1.16 bits per heavy atom. The molecule has 3 nitrogen and oxygen atoms in total. The zero-order chi connectivity index (χ0) is 12.8. The molecule has 19 heavy (non-hydrogen) atoms. The van der Waals surface area contributed by atoms with Gasteiger partial charge in [-0.3, -0.25) is 4.99 Å². The highest BCUT2D eigenvalue weighted by Crippen LogP contribution is 2.08. The van der Waals surface area contributed by atoms with E-state index in [0.717, 1.165) is 32.0 Å². The Kier molecular flexibility index (Phi) is 7.20. The Hall–Kier alpha value is -0.780. The van der Waals surface area contributed by atoms with E-state index in [1.165, 1.54) is 30.4 Å². The summed E-state index contributed by atoms with van der Waals surface area (Å²) in [5, 5.41) is 0. The molecule has 1 heterocycles. The summed E-state index contributed by atoms with van der Waals surface area (Å²) in [6, 6.07) is 8.63. The minimum Gasteiger partial charge on any atom is -0.370 e. The first kappa shape index (κ1) is 16.3. The predicted octanol–water partition coefficient (Wildman–Crippen LogP) is 2.96. The van der Waals surface area contributed by atoms with Crippen molar-refractivity contribution in [1.29, 1.82) is 0 Å². The molecular formula is C15H24IN3. The maximum absolute atomic E-state index is 6.01. The molecule has 1 fully saturated rings. The Balaban J connectivity index is 0.00000180. The molecule has 0 atom stereocenters. The van der Waals surface area contributed by atoms with Gasteiger partial charge in [-0.2, -0.15) is 0 Å². The smallest absolute Gasteiger partial charge is 0.191 e. The third-order valence-corrected chi connectivity index (χ3v) is 3.47. The molecule has 0 unspecified atom stereocenters. The molecule has 1 aliphatic rings. The van der Waals surface area contributed by atoms with Crippen LogP contribution in [0.25, 0.3) is 0 Å². The van der Waals surface area contributed by atoms with E-state index < -0.39 is 0 Å². The van der Waals surface area contributed by atoms with Crippen molar-refractivity contribution in [2.45, 2.75) is 32.6 Å². The first-order chi connectivity index (χ1) is 8.75. The Bertz CT molecular complexity index is 394. The van der Waals surface area contributed by atoms with Crippen LogP contribution < -0.4 is 5.73 Å². The van der Waals surface area contributed by atoms with Gasteiger partial charge in [0.25, 0.3) is 0 Å². The highest BCUT2D eigenvalue weighted by Gasteiger charge is 2.11. The molecule has 0 saturated carbocycles. The maximum atomic E-state index is 6.01. The summed E-state index contributed by atoms with van der Waals surface area (Å²) in [7, 11) is 0. The van der Waals surface area contributed by atoms with Crippen LogP contribution in [0.15, 0.2) is 29.3 Å². The van der Waals surface area contributed by atoms with E-state index in [-0.39, 0.29) is 24.0 Å². The number of nitrogens with zero attached hydrogens (tertiary/aromatic N) is 2. The van der Waals surface area contributed by atoms with Crippen LogP contribution in [0.5, 0.6) is 0 Å². The quantitative estimate of drug-likeness (QED) is 0.503. The van der Waals surface area contributed by atoms with Crippen molar-refractivity contribution >= 4 is 29.9 Å². The molecule has 4 heteroatoms. The number of aliphatic imine (C=N–C) groups is 1. The SMILES string of the molecule is Cc1ccc(CCN=C(N)N2CCCCC2)cc1.I. The fourth-order valence-electron chi connectivity index (χ4n) is 2.28. The molecule has 0 aromatic heterocycles. The number of guanidine groups is 1. The third kappa shape index (κ3) is 5.38. The summed E-state index contributed by atoms with van der Waals surface area (Å²) in [5.41, 5.74) is 8.64. The van der Waals surface area contributed by atoms with E-state index in [4.69, 9.17) is 5.73 Å². The lowest BCUT2D eigenvalue weighted by Crippen LogP contribution is -2.41. The molecular weight excluding hydrogens is 349 g/mol. The lowest BCUT2D eigenvalue weighted by atomic mass is 10.1. The summed E-state index contributed by atoms with van der Waals surface area (Å²) in [4.78, 5) is 6.69. The Labute approximate surface area is 133 Å². The number of rotatable bonds is 3. The van der Waals surface area contributed by atoms with Gasteiger partial charge in [-0.05, 0) is 38.2 Å². The number of hydrogen-bond acceptors (Lipinski definition) is 1. The van der Waals surface area contributed by atoms with Crippen molar-refractivity contribution in [3.05, 3.63) is 35.4 Å². The van der Waals surface area contributed by atoms with E-state index in [2.05, 4.69) is 41.1 Å². The minimum absolute atomic E-state index is 0. The van der Waals surface area contributed by atoms with Crippen LogP contribution in [0.1, 0.15) is 30.4 Å². The molecule has 1 aromatic rings. The van der Waals surface area contributed by atoms with Gasteiger partial charge < -0.3 is 10.6 Å². The van der Waals surface area contributed by atoms with Gasteiger partial charge in [-0.1, -0.05) is 29.8 Å². The van der Waals surface area contributed by atoms with E-state index in [1.807, 2.05) is 0 Å². The van der Waals surface area contributed by atoms with E-state index in [1.54, 1.807) is 0 Å². The van der Waals surface area contributed by atoms with Crippen LogP contribution in [-0.2, 0) is 6.42 Å². The number of piperidine rings is 1. The van der Waals surface area contributed by atoms with Crippen molar-refractivity contribution < 1.29 is 0 Å².